The van der Waals surface area contributed by atoms with Gasteiger partial charge >= 0.3 is 19.5 Å². The second kappa shape index (κ2) is 17.3. The number of aliphatic hydroxyl groups excluding tert-OH is 3. The van der Waals surface area contributed by atoms with E-state index in [9.17, 15) is 15.3 Å². The fraction of sp³-hybridized carbons (Fsp3) is 0.212. The Morgan fingerprint density at radius 2 is 1.25 bits per heavy atom. The van der Waals surface area contributed by atoms with E-state index in [1.54, 1.807) is 24.5 Å². The first-order valence-corrected chi connectivity index (χ1v) is 15.1. The van der Waals surface area contributed by atoms with Crippen LogP contribution in [-0.4, -0.2) is 73.1 Å². The maximum Gasteiger partial charge on any atom is 1.00 e. The van der Waals surface area contributed by atoms with Crippen molar-refractivity contribution in [2.24, 2.45) is 0 Å². The zero-order valence-corrected chi connectivity index (χ0v) is 27.2. The van der Waals surface area contributed by atoms with Gasteiger partial charge in [0.1, 0.15) is 46.0 Å². The molecule has 0 spiro atoms. The molecule has 6 rings (SSSR count). The third-order valence-corrected chi connectivity index (χ3v) is 9.65. The van der Waals surface area contributed by atoms with E-state index in [0.29, 0.717) is 11.4 Å². The van der Waals surface area contributed by atoms with Gasteiger partial charge in [0.05, 0.1) is 26.4 Å². The number of pyridine rings is 1. The molecule has 1 radical (unpaired) electrons. The molecule has 0 aliphatic carbocycles. The Morgan fingerprint density at radius 3 is 1.73 bits per heavy atom. The van der Waals surface area contributed by atoms with Crippen LogP contribution < -0.4 is 15.9 Å². The van der Waals surface area contributed by atoms with Crippen molar-refractivity contribution in [1.29, 1.82) is 0 Å². The summed E-state index contributed by atoms with van der Waals surface area (Å²) in [6.07, 6.45) is -2.43. The molecule has 44 heavy (non-hydrogen) atoms. The normalized spacial score (nSPS) is 20.9. The van der Waals surface area contributed by atoms with E-state index in [1.165, 1.54) is 27.7 Å². The number of rotatable bonds is 7. The van der Waals surface area contributed by atoms with E-state index >= 15 is 0 Å². The minimum Gasteiger partial charge on any atom is -0.388 e. The van der Waals surface area contributed by atoms with Gasteiger partial charge in [-0.25, -0.2) is 4.68 Å². The summed E-state index contributed by atoms with van der Waals surface area (Å²) in [5.74, 6) is 0. The average Bonchev–Trinajstić information content (AvgIpc) is 3.52. The van der Waals surface area contributed by atoms with E-state index in [2.05, 4.69) is 106 Å². The van der Waals surface area contributed by atoms with Crippen LogP contribution in [0.4, 0.5) is 0 Å². The molecular weight excluding hydrogens is 664 g/mol. The van der Waals surface area contributed by atoms with Crippen molar-refractivity contribution < 1.29 is 44.3 Å². The van der Waals surface area contributed by atoms with Crippen molar-refractivity contribution >= 4 is 23.8 Å². The summed E-state index contributed by atoms with van der Waals surface area (Å²) in [6, 6.07) is 38.0. The minimum atomic E-state index is -1.36. The molecule has 1 saturated heterocycles. The van der Waals surface area contributed by atoms with Gasteiger partial charge in [-0.05, 0) is 48.5 Å². The first-order chi connectivity index (χ1) is 20.5. The summed E-state index contributed by atoms with van der Waals surface area (Å²) >= 11 is 0. The van der Waals surface area contributed by atoms with Gasteiger partial charge in [0, 0.05) is 13.3 Å². The van der Waals surface area contributed by atoms with Gasteiger partial charge in [-0.2, -0.15) is 0 Å². The number of hydrogen-bond acceptors (Lipinski definition) is 8. The van der Waals surface area contributed by atoms with Crippen LogP contribution >= 0.6 is 7.92 Å². The predicted molar refractivity (Wildman–Crippen MR) is 170 cm³/mol. The predicted octanol–water partition coefficient (Wildman–Crippen LogP) is 2.42. The van der Waals surface area contributed by atoms with Gasteiger partial charge in [-0.1, -0.05) is 65.9 Å². The van der Waals surface area contributed by atoms with Gasteiger partial charge in [-0.15, -0.1) is 5.10 Å². The topological polar surface area (TPSA) is 123 Å². The Balaban J connectivity index is 0.000000234. The number of aliphatic hydroxyl groups is 3. The molecule has 0 bridgehead atoms. The quantitative estimate of drug-likeness (QED) is 0.135. The van der Waals surface area contributed by atoms with Crippen molar-refractivity contribution in [2.45, 2.75) is 37.3 Å². The van der Waals surface area contributed by atoms with E-state index in [0.717, 1.165) is 0 Å². The van der Waals surface area contributed by atoms with Gasteiger partial charge in [-0.3, -0.25) is 4.98 Å². The Morgan fingerprint density at radius 1 is 0.727 bits per heavy atom. The number of hydrogen-bond donors (Lipinski definition) is 3. The Hall–Kier alpha value is -3.20. The smallest absolute Gasteiger partial charge is 0.388 e. The maximum atomic E-state index is 10.0. The molecule has 5 atom stereocenters. The zero-order chi connectivity index (χ0) is 29.3. The van der Waals surface area contributed by atoms with Gasteiger partial charge in [0.15, 0.2) is 6.29 Å². The first kappa shape index (κ1) is 35.3. The van der Waals surface area contributed by atoms with Gasteiger partial charge in [0.25, 0.3) is 0 Å². The van der Waals surface area contributed by atoms with Crippen molar-refractivity contribution in [3.8, 4) is 11.4 Å². The zero-order valence-electron chi connectivity index (χ0n) is 24.4. The van der Waals surface area contributed by atoms with E-state index in [-0.39, 0.29) is 33.4 Å². The molecule has 3 aromatic carbocycles. The van der Waals surface area contributed by atoms with Crippen LogP contribution in [0.5, 0.6) is 0 Å². The molecule has 11 heteroatoms. The molecular formula is C33H37N4O5PRu+. The summed E-state index contributed by atoms with van der Waals surface area (Å²) in [5.41, 5.74) is 1.26. The molecule has 5 aromatic rings. The standard InChI is InChI=1S/C18H15P.C14H18N4O5.CH3.Ru/c1-4-10-16(11-5-1)19(17-12-6-2-7-13-17)18-14-8-3-9-15-18;1-22-14-13(21)12(20)11(19)10(23-14)7-18-6-9(16-17-18)8-4-2-3-5-15-8;;/h1-15H;2-6,10-14,19-21H,7H2,1H3;1H3;/q;;-1;+1/p+1/t;10-,11-,12+,13-,14+;;/m.1../s1. The molecule has 3 heterocycles. The fourth-order valence-corrected chi connectivity index (χ4v) is 7.36. The molecule has 1 aliphatic heterocycles. The second-order valence-corrected chi connectivity index (χ2v) is 12.2. The van der Waals surface area contributed by atoms with E-state index < -0.39 is 38.6 Å². The summed E-state index contributed by atoms with van der Waals surface area (Å²) in [6.45, 7) is 0.143. The number of methoxy groups -OCH3 is 1. The SMILES string of the molecule is CO[C@H]1O[C@H](Cn2cc(-c3ccccn3)nn2)[C@@H](O)[C@H](O)[C@H]1O.[CH3-].[Ru+].c1ccc([PH+](c2ccccc2)c2ccccc2)cc1. The molecule has 0 unspecified atom stereocenters. The average molecular weight is 702 g/mol. The van der Waals surface area contributed by atoms with Gasteiger partial charge in [0.2, 0.25) is 0 Å². The summed E-state index contributed by atoms with van der Waals surface area (Å²) in [4.78, 5) is 4.18. The first-order valence-electron chi connectivity index (χ1n) is 13.6. The van der Waals surface area contributed by atoms with Crippen LogP contribution in [0.15, 0.2) is 122 Å². The van der Waals surface area contributed by atoms with E-state index in [4.69, 9.17) is 9.47 Å². The number of aromatic nitrogens is 4. The molecule has 231 valence electrons. The third-order valence-electron chi connectivity index (χ3n) is 6.92. The summed E-state index contributed by atoms with van der Waals surface area (Å²) in [5, 5.41) is 41.9. The van der Waals surface area contributed by atoms with Crippen molar-refractivity contribution in [2.75, 3.05) is 7.11 Å². The number of nitrogens with zero attached hydrogens (tertiary/aromatic N) is 4. The number of ether oxygens (including phenoxy) is 2. The third kappa shape index (κ3) is 8.71. The minimum absolute atomic E-state index is 0. The Bertz CT molecular complexity index is 1410. The fourth-order valence-electron chi connectivity index (χ4n) is 4.78. The van der Waals surface area contributed by atoms with Crippen molar-refractivity contribution in [3.63, 3.8) is 0 Å². The maximum absolute atomic E-state index is 10.0. The molecule has 1 aliphatic rings. The van der Waals surface area contributed by atoms with Crippen molar-refractivity contribution in [1.82, 2.24) is 20.0 Å². The van der Waals surface area contributed by atoms with Crippen molar-refractivity contribution in [3.05, 3.63) is 129 Å². The van der Waals surface area contributed by atoms with E-state index in [1.807, 2.05) is 6.07 Å². The number of benzene rings is 3. The van der Waals surface area contributed by atoms with Crippen LogP contribution in [0.3, 0.4) is 0 Å². The molecule has 0 saturated carbocycles. The molecule has 9 nitrogen and oxygen atoms in total. The largest absolute Gasteiger partial charge is 1.00 e. The van der Waals surface area contributed by atoms with Crippen LogP contribution in [0.2, 0.25) is 0 Å². The second-order valence-electron chi connectivity index (χ2n) is 9.76. The monoisotopic (exact) mass is 702 g/mol. The molecule has 3 N–H and O–H groups in total. The van der Waals surface area contributed by atoms with Crippen LogP contribution in [-0.2, 0) is 35.5 Å². The van der Waals surface area contributed by atoms with Crippen LogP contribution in [0, 0.1) is 7.43 Å². The Kier molecular flexibility index (Phi) is 13.9. The van der Waals surface area contributed by atoms with Crippen LogP contribution in [0.1, 0.15) is 0 Å². The van der Waals surface area contributed by atoms with Gasteiger partial charge < -0.3 is 32.2 Å². The summed E-state index contributed by atoms with van der Waals surface area (Å²) < 4.78 is 11.9. The molecule has 0 amide bonds. The molecule has 2 aromatic heterocycles. The Labute approximate surface area is 272 Å². The van der Waals surface area contributed by atoms with Crippen LogP contribution in [0.25, 0.3) is 11.4 Å². The summed E-state index contributed by atoms with van der Waals surface area (Å²) in [7, 11) is 0.474. The molecule has 1 fully saturated rings.